The van der Waals surface area contributed by atoms with Gasteiger partial charge in [-0.3, -0.25) is 14.3 Å². The van der Waals surface area contributed by atoms with Gasteiger partial charge in [-0.15, -0.1) is 0 Å². The standard InChI is InChI=1S/C26H22N4O2/c1-17(18-7-3-2-4-8-18)30-16-20(15-27-30)26(32)28-21-11-12-25(31)22(14-21)24-13-19-9-5-6-10-23(19)29-24/h2-11,13-17,29H,12H2,1H3,(H,28,32)/t17-/m0/s1. The van der Waals surface area contributed by atoms with Crippen LogP contribution >= 0.6 is 0 Å². The van der Waals surface area contributed by atoms with Gasteiger partial charge >= 0.3 is 0 Å². The molecule has 1 amide bonds. The summed E-state index contributed by atoms with van der Waals surface area (Å²) in [7, 11) is 0. The zero-order chi connectivity index (χ0) is 22.1. The molecule has 2 aromatic carbocycles. The highest BCUT2D eigenvalue weighted by molar-refractivity contribution is 6.23. The number of rotatable bonds is 5. The number of carbonyl (C=O) groups excluding carboxylic acids is 2. The Morgan fingerprint density at radius 3 is 2.72 bits per heavy atom. The number of aromatic amines is 1. The molecule has 5 rings (SSSR count). The Kier molecular flexibility index (Phi) is 5.03. The molecule has 6 heteroatoms. The molecule has 2 N–H and O–H groups in total. The van der Waals surface area contributed by atoms with Gasteiger partial charge in [0.25, 0.3) is 5.91 Å². The predicted molar refractivity (Wildman–Crippen MR) is 124 cm³/mol. The SMILES string of the molecule is C[C@@H](c1ccccc1)n1cc(C(=O)NC2=CCC(=O)C(c3cc4ccccc4[nH]3)=C2)cn1. The number of para-hydroxylation sites is 1. The predicted octanol–water partition coefficient (Wildman–Crippen LogP) is 4.64. The molecule has 1 atom stereocenters. The Hall–Kier alpha value is -4.19. The van der Waals surface area contributed by atoms with Crippen LogP contribution in [0.15, 0.2) is 90.9 Å². The first kappa shape index (κ1) is 19.8. The van der Waals surface area contributed by atoms with Gasteiger partial charge in [-0.1, -0.05) is 54.6 Å². The number of allylic oxidation sites excluding steroid dienone is 3. The summed E-state index contributed by atoms with van der Waals surface area (Å²) < 4.78 is 1.77. The van der Waals surface area contributed by atoms with Crippen LogP contribution in [-0.4, -0.2) is 26.5 Å². The summed E-state index contributed by atoms with van der Waals surface area (Å²) in [4.78, 5) is 28.6. The average Bonchev–Trinajstić information content (AvgIpc) is 3.48. The van der Waals surface area contributed by atoms with Gasteiger partial charge in [0.1, 0.15) is 0 Å². The lowest BCUT2D eigenvalue weighted by Crippen LogP contribution is -2.23. The molecule has 0 spiro atoms. The summed E-state index contributed by atoms with van der Waals surface area (Å²) in [5, 5.41) is 8.31. The highest BCUT2D eigenvalue weighted by Crippen LogP contribution is 2.26. The third-order valence-corrected chi connectivity index (χ3v) is 5.73. The Bertz CT molecular complexity index is 1340. The van der Waals surface area contributed by atoms with Crippen LogP contribution in [0.1, 0.15) is 41.0 Å². The lowest BCUT2D eigenvalue weighted by Gasteiger charge is -2.13. The molecule has 0 saturated heterocycles. The number of nitrogens with zero attached hydrogens (tertiary/aromatic N) is 2. The van der Waals surface area contributed by atoms with Crippen molar-refractivity contribution in [2.75, 3.05) is 0 Å². The van der Waals surface area contributed by atoms with Crippen LogP contribution in [0.25, 0.3) is 16.5 Å². The van der Waals surface area contributed by atoms with Crippen molar-refractivity contribution >= 4 is 28.2 Å². The fourth-order valence-electron chi connectivity index (χ4n) is 3.90. The maximum Gasteiger partial charge on any atom is 0.258 e. The third kappa shape index (κ3) is 3.78. The Morgan fingerprint density at radius 2 is 1.91 bits per heavy atom. The lowest BCUT2D eigenvalue weighted by molar-refractivity contribution is -0.113. The van der Waals surface area contributed by atoms with E-state index in [-0.39, 0.29) is 24.2 Å². The van der Waals surface area contributed by atoms with Crippen molar-refractivity contribution in [3.8, 4) is 0 Å². The van der Waals surface area contributed by atoms with Crippen LogP contribution in [0, 0.1) is 0 Å². The first-order valence-electron chi connectivity index (χ1n) is 10.5. The van der Waals surface area contributed by atoms with E-state index in [1.165, 1.54) is 0 Å². The van der Waals surface area contributed by atoms with E-state index in [0.29, 0.717) is 16.8 Å². The summed E-state index contributed by atoms with van der Waals surface area (Å²) in [6.07, 6.45) is 7.01. The maximum atomic E-state index is 12.8. The minimum Gasteiger partial charge on any atom is -0.354 e. The summed E-state index contributed by atoms with van der Waals surface area (Å²) in [6.45, 7) is 2.04. The van der Waals surface area contributed by atoms with Crippen molar-refractivity contribution in [2.45, 2.75) is 19.4 Å². The van der Waals surface area contributed by atoms with E-state index in [0.717, 1.165) is 22.2 Å². The number of aromatic nitrogens is 3. The van der Waals surface area contributed by atoms with Gasteiger partial charge in [-0.25, -0.2) is 0 Å². The molecule has 0 bridgehead atoms. The van der Waals surface area contributed by atoms with Crippen molar-refractivity contribution in [1.82, 2.24) is 20.1 Å². The van der Waals surface area contributed by atoms with Gasteiger partial charge in [-0.2, -0.15) is 5.10 Å². The van der Waals surface area contributed by atoms with E-state index in [1.807, 2.05) is 67.6 Å². The van der Waals surface area contributed by atoms with Crippen LogP contribution in [-0.2, 0) is 4.79 Å². The number of hydrogen-bond donors (Lipinski definition) is 2. The number of fused-ring (bicyclic) bond motifs is 1. The number of H-pyrrole nitrogens is 1. The fraction of sp³-hybridized carbons (Fsp3) is 0.115. The third-order valence-electron chi connectivity index (χ3n) is 5.73. The van der Waals surface area contributed by atoms with E-state index in [1.54, 1.807) is 29.2 Å². The molecule has 0 saturated carbocycles. The first-order chi connectivity index (χ1) is 15.6. The number of hydrogen-bond acceptors (Lipinski definition) is 3. The van der Waals surface area contributed by atoms with Gasteiger partial charge in [0.2, 0.25) is 0 Å². The number of carbonyl (C=O) groups is 2. The normalized spacial score (nSPS) is 14.7. The zero-order valence-electron chi connectivity index (χ0n) is 17.6. The molecular weight excluding hydrogens is 400 g/mol. The highest BCUT2D eigenvalue weighted by Gasteiger charge is 2.20. The fourth-order valence-corrected chi connectivity index (χ4v) is 3.90. The second kappa shape index (κ2) is 8.15. The molecular formula is C26H22N4O2. The van der Waals surface area contributed by atoms with Gasteiger partial charge in [0.05, 0.1) is 23.5 Å². The number of ketones is 1. The molecule has 158 valence electrons. The highest BCUT2D eigenvalue weighted by atomic mass is 16.1. The number of benzene rings is 2. The Balaban J connectivity index is 1.34. The molecule has 0 radical (unpaired) electrons. The lowest BCUT2D eigenvalue weighted by atomic mass is 9.98. The number of Topliss-reactive ketones (excluding diaryl/α,β-unsaturated/α-hetero) is 1. The minimum atomic E-state index is -0.260. The second-order valence-electron chi connectivity index (χ2n) is 7.86. The van der Waals surface area contributed by atoms with Crippen LogP contribution in [0.4, 0.5) is 0 Å². The van der Waals surface area contributed by atoms with Crippen molar-refractivity contribution in [2.24, 2.45) is 0 Å². The molecule has 32 heavy (non-hydrogen) atoms. The van der Waals surface area contributed by atoms with Crippen molar-refractivity contribution < 1.29 is 9.59 Å². The van der Waals surface area contributed by atoms with E-state index in [4.69, 9.17) is 0 Å². The van der Waals surface area contributed by atoms with E-state index >= 15 is 0 Å². The Labute approximate surface area is 185 Å². The molecule has 0 aliphatic heterocycles. The van der Waals surface area contributed by atoms with Crippen molar-refractivity contribution in [3.05, 3.63) is 108 Å². The van der Waals surface area contributed by atoms with Crippen LogP contribution in [0.2, 0.25) is 0 Å². The minimum absolute atomic E-state index is 0.0118. The van der Waals surface area contributed by atoms with E-state index < -0.39 is 0 Å². The molecule has 6 nitrogen and oxygen atoms in total. The monoisotopic (exact) mass is 422 g/mol. The topological polar surface area (TPSA) is 79.8 Å². The van der Waals surface area contributed by atoms with Crippen molar-refractivity contribution in [3.63, 3.8) is 0 Å². The molecule has 2 heterocycles. The maximum absolute atomic E-state index is 12.8. The second-order valence-corrected chi connectivity index (χ2v) is 7.86. The number of nitrogens with one attached hydrogen (secondary N) is 2. The van der Waals surface area contributed by atoms with Crippen LogP contribution in [0.3, 0.4) is 0 Å². The average molecular weight is 422 g/mol. The summed E-state index contributed by atoms with van der Waals surface area (Å²) in [6, 6.07) is 19.8. The summed E-state index contributed by atoms with van der Waals surface area (Å²) in [5.41, 5.74) is 4.46. The number of amides is 1. The molecule has 0 unspecified atom stereocenters. The molecule has 0 fully saturated rings. The molecule has 1 aliphatic rings. The molecule has 1 aliphatic carbocycles. The Morgan fingerprint density at radius 1 is 1.12 bits per heavy atom. The van der Waals surface area contributed by atoms with Gasteiger partial charge < -0.3 is 10.3 Å². The van der Waals surface area contributed by atoms with Gasteiger partial charge in [-0.05, 0) is 30.7 Å². The molecule has 2 aromatic heterocycles. The van der Waals surface area contributed by atoms with Crippen molar-refractivity contribution in [1.29, 1.82) is 0 Å². The summed E-state index contributed by atoms with van der Waals surface area (Å²) >= 11 is 0. The molecule has 4 aromatic rings. The van der Waals surface area contributed by atoms with Crippen LogP contribution < -0.4 is 5.32 Å². The zero-order valence-corrected chi connectivity index (χ0v) is 17.6. The largest absolute Gasteiger partial charge is 0.354 e. The first-order valence-corrected chi connectivity index (χ1v) is 10.5. The quantitative estimate of drug-likeness (QED) is 0.492. The van der Waals surface area contributed by atoms with Crippen LogP contribution in [0.5, 0.6) is 0 Å². The summed E-state index contributed by atoms with van der Waals surface area (Å²) in [5.74, 6) is -0.247. The smallest absolute Gasteiger partial charge is 0.258 e. The van der Waals surface area contributed by atoms with E-state index in [9.17, 15) is 9.59 Å². The van der Waals surface area contributed by atoms with Gasteiger partial charge in [0.15, 0.2) is 5.78 Å². The van der Waals surface area contributed by atoms with E-state index in [2.05, 4.69) is 15.4 Å². The van der Waals surface area contributed by atoms with Gasteiger partial charge in [0, 0.05) is 34.8 Å².